The highest BCUT2D eigenvalue weighted by atomic mass is 35.5. The number of aryl methyl sites for hydroxylation is 2. The molecule has 0 aliphatic rings. The van der Waals surface area contributed by atoms with E-state index in [4.69, 9.17) is 51.5 Å². The highest BCUT2D eigenvalue weighted by Gasteiger charge is 2.19. The van der Waals surface area contributed by atoms with Crippen LogP contribution in [0.15, 0.2) is 65.6 Å². The van der Waals surface area contributed by atoms with E-state index in [1.54, 1.807) is 32.4 Å². The van der Waals surface area contributed by atoms with Crippen LogP contribution in [-0.2, 0) is 28.1 Å². The lowest BCUT2D eigenvalue weighted by atomic mass is 10.0. The number of methoxy groups -OCH3 is 2. The zero-order valence-corrected chi connectivity index (χ0v) is 30.0. The van der Waals surface area contributed by atoms with Crippen molar-refractivity contribution in [3.8, 4) is 11.5 Å². The molecule has 0 saturated heterocycles. The number of hydrogen-bond acceptors (Lipinski definition) is 4. The van der Waals surface area contributed by atoms with Crippen LogP contribution in [0.1, 0.15) is 53.6 Å². The molecule has 10 heteroatoms. The number of hydrogen-bond donors (Lipinski definition) is 0. The van der Waals surface area contributed by atoms with E-state index in [-0.39, 0.29) is 17.3 Å². The predicted octanol–water partition coefficient (Wildman–Crippen LogP) is 11.1. The Morgan fingerprint density at radius 1 is 0.755 bits per heavy atom. The molecule has 2 unspecified atom stereocenters. The van der Waals surface area contributed by atoms with Crippen LogP contribution in [0.5, 0.6) is 11.5 Å². The van der Waals surface area contributed by atoms with E-state index in [0.29, 0.717) is 57.8 Å². The average molecular weight is 693 g/mol. The summed E-state index contributed by atoms with van der Waals surface area (Å²) in [7, 11) is 3.18. The van der Waals surface area contributed by atoms with Crippen LogP contribution in [-0.4, -0.2) is 25.0 Å². The van der Waals surface area contributed by atoms with Gasteiger partial charge >= 0.3 is 0 Å². The van der Waals surface area contributed by atoms with Crippen LogP contribution in [0, 0.1) is 46.1 Å². The van der Waals surface area contributed by atoms with E-state index >= 15 is 0 Å². The minimum absolute atomic E-state index is 0.169. The molecule has 4 aromatic carbocycles. The van der Waals surface area contributed by atoms with Gasteiger partial charge in [-0.2, -0.15) is 0 Å². The highest BCUT2D eigenvalue weighted by Crippen LogP contribution is 2.37. The zero-order chi connectivity index (χ0) is 36.1. The number of ether oxygens (including phenoxy) is 2. The molecule has 2 atom stereocenters. The molecule has 0 bridgehead atoms. The molecule has 4 rings (SSSR count). The van der Waals surface area contributed by atoms with Crippen molar-refractivity contribution in [3.63, 3.8) is 0 Å². The molecule has 250 valence electrons. The second kappa shape index (κ2) is 18.4. The van der Waals surface area contributed by atoms with Gasteiger partial charge in [-0.3, -0.25) is 23.6 Å². The maximum atomic E-state index is 12.9. The summed E-state index contributed by atoms with van der Waals surface area (Å²) in [5.41, 5.74) is 6.76. The van der Waals surface area contributed by atoms with Gasteiger partial charge in [0.25, 0.3) is 0 Å². The van der Waals surface area contributed by atoms with Crippen LogP contribution >= 0.6 is 11.6 Å². The molecule has 0 radical (unpaired) electrons. The van der Waals surface area contributed by atoms with Gasteiger partial charge in [-0.15, -0.1) is 0 Å². The van der Waals surface area contributed by atoms with Crippen LogP contribution in [0.25, 0.3) is 19.4 Å². The topological polar surface area (TPSA) is 62.2 Å². The molecule has 0 aliphatic carbocycles. The third-order valence-electron chi connectivity index (χ3n) is 7.78. The quantitative estimate of drug-likeness (QED) is 0.147. The van der Waals surface area contributed by atoms with Crippen molar-refractivity contribution in [2.24, 2.45) is 5.92 Å². The van der Waals surface area contributed by atoms with Gasteiger partial charge in [0, 0.05) is 17.5 Å². The second-order valence-electron chi connectivity index (χ2n) is 11.3. The lowest BCUT2D eigenvalue weighted by molar-refractivity contribution is 0.280. The van der Waals surface area contributed by atoms with Gasteiger partial charge in [0.1, 0.15) is 11.5 Å². The third kappa shape index (κ3) is 10.2. The molecule has 0 saturated carbocycles. The van der Waals surface area contributed by atoms with Gasteiger partial charge in [0.2, 0.25) is 0 Å². The minimum atomic E-state index is -1.74. The smallest absolute Gasteiger partial charge is 0.196 e. The largest absolute Gasteiger partial charge is 0.496 e. The lowest BCUT2D eigenvalue weighted by Gasteiger charge is -2.16. The molecule has 8 nitrogen and oxygen atoms in total. The second-order valence-corrected chi connectivity index (χ2v) is 12.9. The summed E-state index contributed by atoms with van der Waals surface area (Å²) >= 11 is 4.44. The molecule has 49 heavy (non-hydrogen) atoms. The molecule has 0 amide bonds. The summed E-state index contributed by atoms with van der Waals surface area (Å²) in [5.74, 6) is 1.61. The first-order chi connectivity index (χ1) is 23.5. The molecule has 0 N–H and O–H groups in total. The van der Waals surface area contributed by atoms with E-state index < -0.39 is 11.1 Å². The molecule has 0 aromatic heterocycles. The molecule has 4 aromatic rings. The fraction of sp³-hybridized carbons (Fsp3) is 0.282. The van der Waals surface area contributed by atoms with Gasteiger partial charge in [-0.25, -0.2) is 4.21 Å². The first-order valence-corrected chi connectivity index (χ1v) is 16.8. The third-order valence-corrected chi connectivity index (χ3v) is 9.22. The lowest BCUT2D eigenvalue weighted by Crippen LogP contribution is -2.09. The van der Waals surface area contributed by atoms with E-state index in [2.05, 4.69) is 25.4 Å². The standard InChI is InChI=1S/C23H26N2O4S.C16H11ClN2/c1-8-15(2)14-29-30(26)23-12-20(25-5)19(24-4)11-18(23)10-17-9-16(3)21(27-6)13-22(17)28-7;1-11-5-4-6-12(7-11)8-13-9-15(18-2)16(19-3)10-14(13)17/h9,11-13,15H,8,10,14H2,1-3,6-7H3;4-7,9-10H,8H2,1H3. The Morgan fingerprint density at radius 2 is 1.35 bits per heavy atom. The number of benzene rings is 4. The summed E-state index contributed by atoms with van der Waals surface area (Å²) in [6.07, 6.45) is 1.96. The maximum absolute atomic E-state index is 12.9. The molecule has 0 fully saturated rings. The molecule has 0 aliphatic heterocycles. The first-order valence-electron chi connectivity index (χ1n) is 15.3. The highest BCUT2D eigenvalue weighted by molar-refractivity contribution is 7.80. The summed E-state index contributed by atoms with van der Waals surface area (Å²) in [5, 5.41) is 0.542. The summed E-state index contributed by atoms with van der Waals surface area (Å²) in [6.45, 7) is 37.3. The van der Waals surface area contributed by atoms with E-state index in [1.165, 1.54) is 11.6 Å². The number of nitrogens with zero attached hydrogens (tertiary/aromatic N) is 4. The normalized spacial score (nSPS) is 11.4. The van der Waals surface area contributed by atoms with Crippen LogP contribution < -0.4 is 9.47 Å². The first kappa shape index (κ1) is 38.3. The monoisotopic (exact) mass is 692 g/mol. The van der Waals surface area contributed by atoms with Crippen molar-refractivity contribution in [3.05, 3.63) is 145 Å². The Hall–Kier alpha value is -5.16. The summed E-state index contributed by atoms with van der Waals surface area (Å²) in [6, 6.07) is 18.3. The maximum Gasteiger partial charge on any atom is 0.196 e. The Kier molecular flexibility index (Phi) is 14.4. The van der Waals surface area contributed by atoms with Crippen molar-refractivity contribution in [2.75, 3.05) is 20.8 Å². The van der Waals surface area contributed by atoms with Crippen molar-refractivity contribution >= 4 is 45.4 Å². The van der Waals surface area contributed by atoms with Crippen LogP contribution in [0.2, 0.25) is 5.02 Å². The number of rotatable bonds is 11. The Labute approximate surface area is 297 Å². The van der Waals surface area contributed by atoms with E-state index in [9.17, 15) is 4.21 Å². The van der Waals surface area contributed by atoms with Crippen molar-refractivity contribution in [1.29, 1.82) is 0 Å². The Balaban J connectivity index is 0.000000293. The Morgan fingerprint density at radius 3 is 1.92 bits per heavy atom. The molecular formula is C39H37ClN4O4S. The number of halogens is 1. The van der Waals surface area contributed by atoms with Crippen LogP contribution in [0.4, 0.5) is 22.7 Å². The van der Waals surface area contributed by atoms with Crippen molar-refractivity contribution in [2.45, 2.75) is 51.9 Å². The van der Waals surface area contributed by atoms with Crippen LogP contribution in [0.3, 0.4) is 0 Å². The minimum Gasteiger partial charge on any atom is -0.496 e. The van der Waals surface area contributed by atoms with E-state index in [1.807, 2.05) is 58.0 Å². The Bertz CT molecular complexity index is 2020. The molecular weight excluding hydrogens is 656 g/mol. The fourth-order valence-electron chi connectivity index (χ4n) is 4.87. The van der Waals surface area contributed by atoms with Crippen molar-refractivity contribution < 1.29 is 17.9 Å². The average Bonchev–Trinajstić information content (AvgIpc) is 3.11. The molecule has 0 spiro atoms. The van der Waals surface area contributed by atoms with E-state index in [0.717, 1.165) is 28.7 Å². The van der Waals surface area contributed by atoms with Gasteiger partial charge in [-0.1, -0.05) is 73.8 Å². The predicted molar refractivity (Wildman–Crippen MR) is 196 cm³/mol. The van der Waals surface area contributed by atoms with Crippen molar-refractivity contribution in [1.82, 2.24) is 0 Å². The van der Waals surface area contributed by atoms with Gasteiger partial charge in [-0.05, 0) is 72.2 Å². The SMILES string of the molecule is [C-]#[N+]c1cc(Cc2cc(C)c(OC)cc2OC)c(S(=O)OCC(C)CC)cc1[N+]#[C-].[C-]#[N+]c1cc(Cl)c(Cc2cccc(C)c2)cc1[N+]#[C-]. The molecule has 0 heterocycles. The fourth-order valence-corrected chi connectivity index (χ4v) is 6.13. The van der Waals surface area contributed by atoms with Gasteiger partial charge in [0.05, 0.1) is 52.0 Å². The zero-order valence-electron chi connectivity index (χ0n) is 28.4. The summed E-state index contributed by atoms with van der Waals surface area (Å²) < 4.78 is 29.4. The summed E-state index contributed by atoms with van der Waals surface area (Å²) in [4.78, 5) is 14.0. The van der Waals surface area contributed by atoms with Gasteiger partial charge in [0.15, 0.2) is 33.8 Å². The van der Waals surface area contributed by atoms with Gasteiger partial charge < -0.3 is 9.47 Å².